The lowest BCUT2D eigenvalue weighted by atomic mass is 9.97. The van der Waals surface area contributed by atoms with Gasteiger partial charge in [0.1, 0.15) is 0 Å². The van der Waals surface area contributed by atoms with Crippen LogP contribution in [0.1, 0.15) is 41.5 Å². The average Bonchev–Trinajstić information content (AvgIpc) is 2.18. The molecule has 0 spiro atoms. The third-order valence-corrected chi connectivity index (χ3v) is 1.96. The molecule has 0 aromatic heterocycles. The van der Waals surface area contributed by atoms with Crippen LogP contribution in [0.5, 0.6) is 0 Å². The zero-order valence-corrected chi connectivity index (χ0v) is 11.9. The summed E-state index contributed by atoms with van der Waals surface area (Å²) in [5.74, 6) is 1.56. The number of aliphatic hydroxyl groups excluding tert-OH is 2. The highest BCUT2D eigenvalue weighted by Crippen LogP contribution is 2.10. The van der Waals surface area contributed by atoms with Crippen LogP contribution in [0.4, 0.5) is 0 Å². The summed E-state index contributed by atoms with van der Waals surface area (Å²) in [6.45, 7) is 14.9. The van der Waals surface area contributed by atoms with Gasteiger partial charge in [-0.3, -0.25) is 0 Å². The van der Waals surface area contributed by atoms with Gasteiger partial charge in [0, 0.05) is 5.41 Å². The number of rotatable bonds is 6. The Bertz CT molecular complexity index is 131. The van der Waals surface area contributed by atoms with E-state index in [1.54, 1.807) is 13.8 Å². The second-order valence-electron chi connectivity index (χ2n) is 5.93. The lowest BCUT2D eigenvalue weighted by Gasteiger charge is -2.16. The van der Waals surface area contributed by atoms with E-state index in [0.717, 1.165) is 24.9 Å². The molecule has 0 aromatic carbocycles. The minimum absolute atomic E-state index is 0.0451. The molecule has 3 nitrogen and oxygen atoms in total. The van der Waals surface area contributed by atoms with Crippen molar-refractivity contribution in [2.45, 2.75) is 41.5 Å². The van der Waals surface area contributed by atoms with Crippen LogP contribution in [0.15, 0.2) is 0 Å². The molecule has 0 radical (unpaired) electrons. The summed E-state index contributed by atoms with van der Waals surface area (Å²) in [7, 11) is 0. The molecule has 0 aliphatic carbocycles. The van der Waals surface area contributed by atoms with Crippen molar-refractivity contribution >= 4 is 0 Å². The van der Waals surface area contributed by atoms with Crippen molar-refractivity contribution in [1.82, 2.24) is 5.32 Å². The van der Waals surface area contributed by atoms with Gasteiger partial charge in [0.25, 0.3) is 0 Å². The van der Waals surface area contributed by atoms with Crippen LogP contribution >= 0.6 is 0 Å². The normalized spacial score (nSPS) is 11.6. The third kappa shape index (κ3) is 16.3. The zero-order chi connectivity index (χ0) is 13.2. The molecule has 0 bridgehead atoms. The Hall–Kier alpha value is -0.120. The van der Waals surface area contributed by atoms with Gasteiger partial charge in [0.2, 0.25) is 0 Å². The van der Waals surface area contributed by atoms with E-state index >= 15 is 0 Å². The Morgan fingerprint density at radius 1 is 0.875 bits per heavy atom. The highest BCUT2D eigenvalue weighted by molar-refractivity contribution is 4.62. The molecule has 0 fully saturated rings. The Labute approximate surface area is 101 Å². The minimum atomic E-state index is -0.306. The lowest BCUT2D eigenvalue weighted by Crippen LogP contribution is -2.23. The molecule has 100 valence electrons. The van der Waals surface area contributed by atoms with Gasteiger partial charge >= 0.3 is 0 Å². The monoisotopic (exact) mass is 233 g/mol. The van der Waals surface area contributed by atoms with E-state index in [1.807, 2.05) is 0 Å². The Morgan fingerprint density at radius 2 is 1.19 bits per heavy atom. The molecule has 16 heavy (non-hydrogen) atoms. The largest absolute Gasteiger partial charge is 0.396 e. The summed E-state index contributed by atoms with van der Waals surface area (Å²) in [6, 6.07) is 0. The quantitative estimate of drug-likeness (QED) is 0.656. The lowest BCUT2D eigenvalue weighted by molar-refractivity contribution is 0.0857. The first kappa shape index (κ1) is 18.3. The van der Waals surface area contributed by atoms with Crippen molar-refractivity contribution in [3.63, 3.8) is 0 Å². The van der Waals surface area contributed by atoms with Gasteiger partial charge in [0.15, 0.2) is 0 Å². The van der Waals surface area contributed by atoms with Gasteiger partial charge in [-0.05, 0) is 24.9 Å². The van der Waals surface area contributed by atoms with Crippen molar-refractivity contribution in [3.05, 3.63) is 0 Å². The third-order valence-electron chi connectivity index (χ3n) is 1.96. The zero-order valence-electron chi connectivity index (χ0n) is 11.9. The van der Waals surface area contributed by atoms with Crippen molar-refractivity contribution < 1.29 is 10.2 Å². The van der Waals surface area contributed by atoms with Gasteiger partial charge < -0.3 is 15.5 Å². The van der Waals surface area contributed by atoms with E-state index in [2.05, 4.69) is 33.0 Å². The fraction of sp³-hybridized carbons (Fsp3) is 1.00. The maximum atomic E-state index is 8.43. The molecule has 0 aliphatic heterocycles. The summed E-state index contributed by atoms with van der Waals surface area (Å²) in [5.41, 5.74) is -0.306. The van der Waals surface area contributed by atoms with E-state index in [9.17, 15) is 0 Å². The highest BCUT2D eigenvalue weighted by Gasteiger charge is 2.13. The first-order valence-corrected chi connectivity index (χ1v) is 6.17. The van der Waals surface area contributed by atoms with Crippen LogP contribution < -0.4 is 5.32 Å². The molecule has 3 heteroatoms. The highest BCUT2D eigenvalue weighted by atomic mass is 16.3. The van der Waals surface area contributed by atoms with Crippen molar-refractivity contribution in [2.75, 3.05) is 26.3 Å². The van der Waals surface area contributed by atoms with Crippen LogP contribution in [-0.4, -0.2) is 36.5 Å². The summed E-state index contributed by atoms with van der Waals surface area (Å²) in [6.07, 6.45) is 0. The fourth-order valence-electron chi connectivity index (χ4n) is 0.711. The van der Waals surface area contributed by atoms with Gasteiger partial charge in [-0.15, -0.1) is 0 Å². The molecular weight excluding hydrogens is 202 g/mol. The molecule has 0 saturated heterocycles. The minimum Gasteiger partial charge on any atom is -0.396 e. The van der Waals surface area contributed by atoms with Gasteiger partial charge in [0.05, 0.1) is 13.2 Å². The number of nitrogens with one attached hydrogen (secondary N) is 1. The first-order chi connectivity index (χ1) is 7.25. The second-order valence-corrected chi connectivity index (χ2v) is 5.93. The van der Waals surface area contributed by atoms with Gasteiger partial charge in [-0.1, -0.05) is 41.5 Å². The summed E-state index contributed by atoms with van der Waals surface area (Å²) < 4.78 is 0. The van der Waals surface area contributed by atoms with Crippen molar-refractivity contribution in [2.24, 2.45) is 17.3 Å². The molecule has 0 unspecified atom stereocenters. The van der Waals surface area contributed by atoms with Gasteiger partial charge in [-0.2, -0.15) is 0 Å². The Kier molecular flexibility index (Phi) is 11.5. The van der Waals surface area contributed by atoms with Crippen molar-refractivity contribution in [3.8, 4) is 0 Å². The molecule has 0 aliphatic rings. The summed E-state index contributed by atoms with van der Waals surface area (Å²) >= 11 is 0. The van der Waals surface area contributed by atoms with Crippen LogP contribution in [-0.2, 0) is 0 Å². The first-order valence-electron chi connectivity index (χ1n) is 6.17. The summed E-state index contributed by atoms with van der Waals surface area (Å²) in [4.78, 5) is 0. The van der Waals surface area contributed by atoms with E-state index in [1.165, 1.54) is 0 Å². The molecule has 0 aromatic rings. The molecule has 0 amide bonds. The van der Waals surface area contributed by atoms with E-state index in [-0.39, 0.29) is 18.6 Å². The smallest absolute Gasteiger partial charge is 0.0504 e. The standard InChI is InChI=1S/C8H19N.C5H12O2/c1-7(2)5-9-6-8(3)4;1-5(2,3-6)4-7/h7-9H,5-6H2,1-4H3;6-7H,3-4H2,1-2H3. The Morgan fingerprint density at radius 3 is 1.31 bits per heavy atom. The van der Waals surface area contributed by atoms with Crippen molar-refractivity contribution in [1.29, 1.82) is 0 Å². The predicted octanol–water partition coefficient (Wildman–Crippen LogP) is 1.89. The SMILES string of the molecule is CC(C)(CO)CO.CC(C)CNCC(C)C. The fourth-order valence-corrected chi connectivity index (χ4v) is 0.711. The van der Waals surface area contributed by atoms with Crippen LogP contribution in [0.2, 0.25) is 0 Å². The maximum absolute atomic E-state index is 8.43. The van der Waals surface area contributed by atoms with Crippen LogP contribution in [0.3, 0.4) is 0 Å². The average molecular weight is 233 g/mol. The number of hydrogen-bond donors (Lipinski definition) is 3. The predicted molar refractivity (Wildman–Crippen MR) is 70.5 cm³/mol. The number of hydrogen-bond acceptors (Lipinski definition) is 3. The molecule has 0 atom stereocenters. The molecule has 0 rings (SSSR count). The molecular formula is C13H31NO2. The van der Waals surface area contributed by atoms with Crippen LogP contribution in [0, 0.1) is 17.3 Å². The Balaban J connectivity index is 0. The topological polar surface area (TPSA) is 52.5 Å². The van der Waals surface area contributed by atoms with E-state index in [0.29, 0.717) is 0 Å². The maximum Gasteiger partial charge on any atom is 0.0504 e. The molecule has 3 N–H and O–H groups in total. The molecule has 0 saturated carbocycles. The van der Waals surface area contributed by atoms with Gasteiger partial charge in [-0.25, -0.2) is 0 Å². The van der Waals surface area contributed by atoms with E-state index in [4.69, 9.17) is 10.2 Å². The van der Waals surface area contributed by atoms with E-state index < -0.39 is 0 Å². The number of aliphatic hydroxyl groups is 2. The second kappa shape index (κ2) is 10.1. The molecule has 0 heterocycles. The van der Waals surface area contributed by atoms with Crippen LogP contribution in [0.25, 0.3) is 0 Å². The summed E-state index contributed by atoms with van der Waals surface area (Å²) in [5, 5.41) is 20.3.